The van der Waals surface area contributed by atoms with Crippen LogP contribution in [0.15, 0.2) is 41.7 Å². The van der Waals surface area contributed by atoms with Crippen molar-refractivity contribution in [1.82, 2.24) is 10.3 Å². The van der Waals surface area contributed by atoms with Gasteiger partial charge in [0.2, 0.25) is 5.91 Å². The van der Waals surface area contributed by atoms with Gasteiger partial charge in [0.25, 0.3) is 5.91 Å². The minimum atomic E-state index is -1.02. The highest BCUT2D eigenvalue weighted by Gasteiger charge is 2.39. The molecule has 1 saturated heterocycles. The molecule has 0 radical (unpaired) electrons. The third-order valence-corrected chi connectivity index (χ3v) is 4.60. The summed E-state index contributed by atoms with van der Waals surface area (Å²) in [6, 6.07) is 7.67. The van der Waals surface area contributed by atoms with Crippen LogP contribution in [0.2, 0.25) is 0 Å². The largest absolute Gasteiger partial charge is 0.301 e. The summed E-state index contributed by atoms with van der Waals surface area (Å²) in [5.41, 5.74) is 4.55. The smallest absolute Gasteiger partial charge is 0.251 e. The van der Waals surface area contributed by atoms with Crippen LogP contribution in [-0.4, -0.2) is 28.1 Å². The Bertz CT molecular complexity index is 917. The second-order valence-electron chi connectivity index (χ2n) is 6.54. The summed E-state index contributed by atoms with van der Waals surface area (Å²) in [4.78, 5) is 35.0. The van der Waals surface area contributed by atoms with E-state index < -0.39 is 17.7 Å². The van der Waals surface area contributed by atoms with E-state index in [-0.39, 0.29) is 5.11 Å². The van der Waals surface area contributed by atoms with Crippen molar-refractivity contribution in [3.05, 3.63) is 58.9 Å². The zero-order chi connectivity index (χ0) is 19.6. The van der Waals surface area contributed by atoms with E-state index in [4.69, 9.17) is 12.2 Å². The molecule has 27 heavy (non-hydrogen) atoms. The number of aromatic nitrogens is 1. The highest BCUT2D eigenvalue weighted by Crippen LogP contribution is 2.29. The summed E-state index contributed by atoms with van der Waals surface area (Å²) in [6.07, 6.45) is 4.76. The first-order chi connectivity index (χ1) is 12.9. The van der Waals surface area contributed by atoms with E-state index in [0.29, 0.717) is 12.2 Å². The number of aliphatic imine (C=N–C) groups is 1. The third-order valence-electron chi connectivity index (χ3n) is 4.31. The third kappa shape index (κ3) is 3.93. The predicted molar refractivity (Wildman–Crippen MR) is 109 cm³/mol. The number of aryl methyl sites for hydroxylation is 3. The summed E-state index contributed by atoms with van der Waals surface area (Å²) in [7, 11) is 0. The average Bonchev–Trinajstić information content (AvgIpc) is 2.60. The van der Waals surface area contributed by atoms with E-state index in [1.54, 1.807) is 12.4 Å². The van der Waals surface area contributed by atoms with Crippen LogP contribution in [0.5, 0.6) is 0 Å². The van der Waals surface area contributed by atoms with Crippen LogP contribution < -0.4 is 10.2 Å². The fourth-order valence-electron chi connectivity index (χ4n) is 3.21. The van der Waals surface area contributed by atoms with E-state index >= 15 is 0 Å². The van der Waals surface area contributed by atoms with Gasteiger partial charge in [-0.2, -0.15) is 0 Å². The average molecular weight is 380 g/mol. The molecule has 2 heterocycles. The summed E-state index contributed by atoms with van der Waals surface area (Å²) in [6.45, 7) is 6.19. The molecular weight excluding hydrogens is 360 g/mol. The van der Waals surface area contributed by atoms with Gasteiger partial charge in [0, 0.05) is 18.6 Å². The molecule has 2 aromatic rings. The number of pyridine rings is 1. The van der Waals surface area contributed by atoms with Crippen LogP contribution in [0.3, 0.4) is 0 Å². The van der Waals surface area contributed by atoms with Crippen molar-refractivity contribution in [1.29, 1.82) is 0 Å². The molecule has 138 valence electrons. The van der Waals surface area contributed by atoms with Crippen molar-refractivity contribution in [2.24, 2.45) is 10.9 Å². The molecule has 0 spiro atoms. The zero-order valence-corrected chi connectivity index (χ0v) is 16.2. The number of hydrogen-bond acceptors (Lipinski definition) is 5. The van der Waals surface area contributed by atoms with Gasteiger partial charge in [-0.15, -0.1) is 0 Å². The van der Waals surface area contributed by atoms with Gasteiger partial charge in [0.1, 0.15) is 0 Å². The van der Waals surface area contributed by atoms with E-state index in [0.717, 1.165) is 22.3 Å². The molecule has 6 nitrogen and oxygen atoms in total. The highest BCUT2D eigenvalue weighted by atomic mass is 32.1. The van der Waals surface area contributed by atoms with Crippen molar-refractivity contribution in [2.45, 2.75) is 27.3 Å². The first-order valence-electron chi connectivity index (χ1n) is 8.54. The van der Waals surface area contributed by atoms with Crippen molar-refractivity contribution < 1.29 is 9.59 Å². The van der Waals surface area contributed by atoms with Gasteiger partial charge in [0.15, 0.2) is 11.0 Å². The molecule has 1 aliphatic rings. The number of carbonyl (C=O) groups is 2. The van der Waals surface area contributed by atoms with Crippen LogP contribution in [0.25, 0.3) is 0 Å². The number of carbonyl (C=O) groups excluding carboxylic acids is 2. The van der Waals surface area contributed by atoms with Gasteiger partial charge in [-0.05, 0) is 55.7 Å². The Morgan fingerprint density at radius 1 is 1.26 bits per heavy atom. The zero-order valence-electron chi connectivity index (χ0n) is 15.4. The second kappa shape index (κ2) is 7.75. The van der Waals surface area contributed by atoms with E-state index in [9.17, 15) is 9.59 Å². The van der Waals surface area contributed by atoms with Crippen molar-refractivity contribution in [2.75, 3.05) is 4.90 Å². The SMILES string of the molecule is Cc1cc(C)c(N2C(=O)[C@@H](C=NCc3cccnc3)C(=O)NC2=S)c(C)c1. The number of thiocarbonyl (C=S) groups is 1. The Labute approximate surface area is 163 Å². The molecule has 0 saturated carbocycles. The predicted octanol–water partition coefficient (Wildman–Crippen LogP) is 2.64. The van der Waals surface area contributed by atoms with Crippen LogP contribution in [0.4, 0.5) is 5.69 Å². The lowest BCUT2D eigenvalue weighted by molar-refractivity contribution is -0.130. The van der Waals surface area contributed by atoms with Crippen LogP contribution in [0, 0.1) is 26.7 Å². The van der Waals surface area contributed by atoms with Crippen LogP contribution in [0.1, 0.15) is 22.3 Å². The lowest BCUT2D eigenvalue weighted by Crippen LogP contribution is -2.58. The lowest BCUT2D eigenvalue weighted by Gasteiger charge is -2.33. The second-order valence-corrected chi connectivity index (χ2v) is 6.93. The molecule has 0 aliphatic carbocycles. The number of amides is 2. The Kier molecular flexibility index (Phi) is 5.41. The molecule has 7 heteroatoms. The number of anilines is 1. The van der Waals surface area contributed by atoms with Gasteiger partial charge in [-0.25, -0.2) is 0 Å². The maximum Gasteiger partial charge on any atom is 0.251 e. The first-order valence-corrected chi connectivity index (χ1v) is 8.95. The van der Waals surface area contributed by atoms with Crippen LogP contribution in [-0.2, 0) is 16.1 Å². The number of rotatable bonds is 4. The molecule has 1 aliphatic heterocycles. The number of nitrogens with one attached hydrogen (secondary N) is 1. The normalized spacial score (nSPS) is 17.5. The van der Waals surface area contributed by atoms with Crippen molar-refractivity contribution >= 4 is 41.0 Å². The van der Waals surface area contributed by atoms with E-state index in [1.807, 2.05) is 45.0 Å². The highest BCUT2D eigenvalue weighted by molar-refractivity contribution is 7.80. The van der Waals surface area contributed by atoms with Gasteiger partial charge < -0.3 is 5.32 Å². The number of nitrogens with zero attached hydrogens (tertiary/aromatic N) is 3. The van der Waals surface area contributed by atoms with E-state index in [2.05, 4.69) is 15.3 Å². The molecule has 2 amide bonds. The molecule has 1 aromatic heterocycles. The molecule has 1 aromatic carbocycles. The Morgan fingerprint density at radius 2 is 1.96 bits per heavy atom. The summed E-state index contributed by atoms with van der Waals surface area (Å²) in [5, 5.41) is 2.71. The summed E-state index contributed by atoms with van der Waals surface area (Å²) < 4.78 is 0. The summed E-state index contributed by atoms with van der Waals surface area (Å²) >= 11 is 5.28. The maximum absolute atomic E-state index is 13.1. The Morgan fingerprint density at radius 3 is 2.59 bits per heavy atom. The van der Waals surface area contributed by atoms with Gasteiger partial charge in [-0.3, -0.25) is 24.5 Å². The molecule has 0 bridgehead atoms. The molecule has 1 N–H and O–H groups in total. The molecule has 3 rings (SSSR count). The van der Waals surface area contributed by atoms with Crippen LogP contribution >= 0.6 is 12.2 Å². The Balaban J connectivity index is 1.88. The lowest BCUT2D eigenvalue weighted by atomic mass is 10.0. The molecule has 1 fully saturated rings. The van der Waals surface area contributed by atoms with E-state index in [1.165, 1.54) is 11.1 Å². The molecule has 0 unspecified atom stereocenters. The minimum absolute atomic E-state index is 0.0944. The number of hydrogen-bond donors (Lipinski definition) is 1. The Hall–Kier alpha value is -2.93. The van der Waals surface area contributed by atoms with Gasteiger partial charge in [-0.1, -0.05) is 23.8 Å². The topological polar surface area (TPSA) is 74.7 Å². The standard InChI is InChI=1S/C20H20N4O2S/c1-12-7-13(2)17(14(3)8-12)24-19(26)16(18(25)23-20(24)27)11-22-10-15-5-4-6-21-9-15/h4-9,11,16H,10H2,1-3H3,(H,23,25,27)/t16-/m0/s1. The molecular formula is C20H20N4O2S. The first kappa shape index (κ1) is 18.8. The van der Waals surface area contributed by atoms with Crippen molar-refractivity contribution in [3.63, 3.8) is 0 Å². The monoisotopic (exact) mass is 380 g/mol. The minimum Gasteiger partial charge on any atom is -0.301 e. The van der Waals surface area contributed by atoms with Gasteiger partial charge >= 0.3 is 0 Å². The van der Waals surface area contributed by atoms with Gasteiger partial charge in [0.05, 0.1) is 12.2 Å². The summed E-state index contributed by atoms with van der Waals surface area (Å²) in [5.74, 6) is -1.87. The quantitative estimate of drug-likeness (QED) is 0.503. The molecule has 1 atom stereocenters. The fourth-order valence-corrected chi connectivity index (χ4v) is 3.50. The number of benzene rings is 1. The fraction of sp³-hybridized carbons (Fsp3) is 0.250. The van der Waals surface area contributed by atoms with Crippen molar-refractivity contribution in [3.8, 4) is 0 Å². The maximum atomic E-state index is 13.1.